The fourth-order valence-electron chi connectivity index (χ4n) is 2.03. The number of ether oxygens (including phenoxy) is 1. The first-order chi connectivity index (χ1) is 8.42. The van der Waals surface area contributed by atoms with Gasteiger partial charge < -0.3 is 9.26 Å². The molecule has 0 spiro atoms. The molecule has 3 heterocycles. The van der Waals surface area contributed by atoms with Gasteiger partial charge in [-0.05, 0) is 35.2 Å². The summed E-state index contributed by atoms with van der Waals surface area (Å²) in [6.45, 7) is 1.60. The Kier molecular flexibility index (Phi) is 3.20. The van der Waals surface area contributed by atoms with Crippen molar-refractivity contribution >= 4 is 11.3 Å². The first-order valence-electron chi connectivity index (χ1n) is 5.83. The van der Waals surface area contributed by atoms with Gasteiger partial charge in [-0.1, -0.05) is 5.16 Å². The molecule has 0 radical (unpaired) electrons. The Morgan fingerprint density at radius 1 is 1.35 bits per heavy atom. The number of thiophene rings is 1. The lowest BCUT2D eigenvalue weighted by atomic mass is 10.0. The molecule has 4 nitrogen and oxygen atoms in total. The summed E-state index contributed by atoms with van der Waals surface area (Å²) in [6.07, 6.45) is 2.73. The minimum absolute atomic E-state index is 0.382. The van der Waals surface area contributed by atoms with Crippen LogP contribution in [0, 0.1) is 0 Å². The Morgan fingerprint density at radius 3 is 3.00 bits per heavy atom. The summed E-state index contributed by atoms with van der Waals surface area (Å²) in [5, 5.41) is 8.22. The van der Waals surface area contributed by atoms with Crippen LogP contribution in [-0.4, -0.2) is 23.4 Å². The third-order valence-electron chi connectivity index (χ3n) is 3.00. The summed E-state index contributed by atoms with van der Waals surface area (Å²) >= 11 is 1.69. The molecule has 90 valence electrons. The fraction of sp³-hybridized carbons (Fsp3) is 0.500. The minimum atomic E-state index is 0.382. The van der Waals surface area contributed by atoms with Crippen LogP contribution in [0.5, 0.6) is 0 Å². The fourth-order valence-corrected chi connectivity index (χ4v) is 2.69. The van der Waals surface area contributed by atoms with Crippen molar-refractivity contribution < 1.29 is 9.26 Å². The maximum Gasteiger partial charge on any atom is 0.229 e. The highest BCUT2D eigenvalue weighted by molar-refractivity contribution is 7.07. The largest absolute Gasteiger partial charge is 0.381 e. The molecule has 2 aromatic rings. The van der Waals surface area contributed by atoms with E-state index in [0.717, 1.165) is 44.2 Å². The Balaban J connectivity index is 1.69. The van der Waals surface area contributed by atoms with Crippen LogP contribution < -0.4 is 0 Å². The zero-order chi connectivity index (χ0) is 11.5. The zero-order valence-electron chi connectivity index (χ0n) is 9.46. The average molecular weight is 250 g/mol. The highest BCUT2D eigenvalue weighted by Gasteiger charge is 2.21. The van der Waals surface area contributed by atoms with Crippen LogP contribution >= 0.6 is 11.3 Å². The Bertz CT molecular complexity index is 461. The van der Waals surface area contributed by atoms with Gasteiger partial charge in [-0.25, -0.2) is 0 Å². The van der Waals surface area contributed by atoms with Gasteiger partial charge in [0.05, 0.1) is 0 Å². The summed E-state index contributed by atoms with van der Waals surface area (Å²) in [6, 6.07) is 2.09. The normalized spacial score (nSPS) is 17.4. The average Bonchev–Trinajstić information content (AvgIpc) is 3.02. The zero-order valence-corrected chi connectivity index (χ0v) is 10.3. The molecule has 0 atom stereocenters. The standard InChI is InChI=1S/C12H14N2O2S/c1-4-15-5-2-10(1)12-13-11(14-16-12)7-9-3-6-17-8-9/h3,6,8,10H,1-2,4-5,7H2. The molecule has 1 aliphatic rings. The predicted molar refractivity (Wildman–Crippen MR) is 64.2 cm³/mol. The van der Waals surface area contributed by atoms with Crippen LogP contribution in [0.3, 0.4) is 0 Å². The van der Waals surface area contributed by atoms with Crippen LogP contribution in [0.15, 0.2) is 21.3 Å². The Labute approximate surface area is 104 Å². The molecule has 0 saturated carbocycles. The summed E-state index contributed by atoms with van der Waals surface area (Å²) in [7, 11) is 0. The van der Waals surface area contributed by atoms with E-state index in [1.807, 2.05) is 0 Å². The van der Waals surface area contributed by atoms with Gasteiger partial charge in [0, 0.05) is 25.6 Å². The number of rotatable bonds is 3. The molecular formula is C12H14N2O2S. The molecule has 0 bridgehead atoms. The van der Waals surface area contributed by atoms with Gasteiger partial charge >= 0.3 is 0 Å². The molecule has 1 aliphatic heterocycles. The maximum absolute atomic E-state index is 5.34. The molecule has 0 unspecified atom stereocenters. The second-order valence-corrected chi connectivity index (χ2v) is 5.02. The van der Waals surface area contributed by atoms with Gasteiger partial charge in [-0.2, -0.15) is 16.3 Å². The minimum Gasteiger partial charge on any atom is -0.381 e. The second kappa shape index (κ2) is 4.98. The van der Waals surface area contributed by atoms with Crippen molar-refractivity contribution in [2.75, 3.05) is 13.2 Å². The second-order valence-electron chi connectivity index (χ2n) is 4.24. The predicted octanol–water partition coefficient (Wildman–Crippen LogP) is 2.62. The molecule has 1 fully saturated rings. The van der Waals surface area contributed by atoms with Gasteiger partial charge in [0.15, 0.2) is 5.82 Å². The van der Waals surface area contributed by atoms with E-state index in [1.165, 1.54) is 5.56 Å². The Morgan fingerprint density at radius 2 is 2.24 bits per heavy atom. The molecule has 0 aromatic carbocycles. The topological polar surface area (TPSA) is 48.2 Å². The van der Waals surface area contributed by atoms with Crippen LogP contribution in [0.4, 0.5) is 0 Å². The maximum atomic E-state index is 5.34. The molecule has 0 N–H and O–H groups in total. The molecule has 1 saturated heterocycles. The highest BCUT2D eigenvalue weighted by atomic mass is 32.1. The molecule has 0 amide bonds. The number of hydrogen-bond donors (Lipinski definition) is 0. The van der Waals surface area contributed by atoms with E-state index in [0.29, 0.717) is 5.92 Å². The van der Waals surface area contributed by atoms with Gasteiger partial charge in [-0.15, -0.1) is 0 Å². The van der Waals surface area contributed by atoms with Gasteiger partial charge in [0.25, 0.3) is 0 Å². The summed E-state index contributed by atoms with van der Waals surface area (Å²) in [4.78, 5) is 4.48. The van der Waals surface area contributed by atoms with Crippen molar-refractivity contribution in [2.24, 2.45) is 0 Å². The highest BCUT2D eigenvalue weighted by Crippen LogP contribution is 2.25. The van der Waals surface area contributed by atoms with Crippen molar-refractivity contribution in [2.45, 2.75) is 25.2 Å². The van der Waals surface area contributed by atoms with Crippen molar-refractivity contribution in [1.82, 2.24) is 10.1 Å². The van der Waals surface area contributed by atoms with Crippen LogP contribution in [0.25, 0.3) is 0 Å². The number of hydrogen-bond acceptors (Lipinski definition) is 5. The van der Waals surface area contributed by atoms with Gasteiger partial charge in [-0.3, -0.25) is 0 Å². The van der Waals surface area contributed by atoms with E-state index in [9.17, 15) is 0 Å². The van der Waals surface area contributed by atoms with Crippen molar-refractivity contribution in [3.8, 4) is 0 Å². The van der Waals surface area contributed by atoms with E-state index < -0.39 is 0 Å². The molecule has 5 heteroatoms. The van der Waals surface area contributed by atoms with Crippen molar-refractivity contribution in [1.29, 1.82) is 0 Å². The lowest BCUT2D eigenvalue weighted by Gasteiger charge is -2.17. The van der Waals surface area contributed by atoms with Crippen molar-refractivity contribution in [3.05, 3.63) is 34.1 Å². The third kappa shape index (κ3) is 2.56. The summed E-state index contributed by atoms with van der Waals surface area (Å²) in [5.41, 5.74) is 1.24. The Hall–Kier alpha value is -1.20. The van der Waals surface area contributed by atoms with E-state index in [1.54, 1.807) is 11.3 Å². The first-order valence-corrected chi connectivity index (χ1v) is 6.77. The molecule has 0 aliphatic carbocycles. The molecular weight excluding hydrogens is 236 g/mol. The number of nitrogens with zero attached hydrogens (tertiary/aromatic N) is 2. The van der Waals surface area contributed by atoms with E-state index in [4.69, 9.17) is 9.26 Å². The van der Waals surface area contributed by atoms with E-state index in [2.05, 4.69) is 27.0 Å². The van der Waals surface area contributed by atoms with Crippen LogP contribution in [0.2, 0.25) is 0 Å². The van der Waals surface area contributed by atoms with E-state index >= 15 is 0 Å². The summed E-state index contributed by atoms with van der Waals surface area (Å²) < 4.78 is 10.7. The smallest absolute Gasteiger partial charge is 0.229 e. The lowest BCUT2D eigenvalue weighted by Crippen LogP contribution is -2.14. The monoisotopic (exact) mass is 250 g/mol. The van der Waals surface area contributed by atoms with Gasteiger partial charge in [0.2, 0.25) is 5.89 Å². The van der Waals surface area contributed by atoms with Crippen molar-refractivity contribution in [3.63, 3.8) is 0 Å². The lowest BCUT2D eigenvalue weighted by molar-refractivity contribution is 0.0778. The molecule has 2 aromatic heterocycles. The molecule has 3 rings (SSSR count). The molecule has 17 heavy (non-hydrogen) atoms. The summed E-state index contributed by atoms with van der Waals surface area (Å²) in [5.74, 6) is 1.94. The quantitative estimate of drug-likeness (QED) is 0.840. The van der Waals surface area contributed by atoms with Gasteiger partial charge in [0.1, 0.15) is 0 Å². The first kappa shape index (κ1) is 10.9. The SMILES string of the molecule is c1cc(Cc2noc(C3CCOCC3)n2)cs1. The number of aromatic nitrogens is 2. The van der Waals surface area contributed by atoms with Crippen LogP contribution in [0.1, 0.15) is 36.0 Å². The van der Waals surface area contributed by atoms with E-state index in [-0.39, 0.29) is 0 Å². The van der Waals surface area contributed by atoms with Crippen LogP contribution in [-0.2, 0) is 11.2 Å². The third-order valence-corrected chi connectivity index (χ3v) is 3.73.